The van der Waals surface area contributed by atoms with Gasteiger partial charge in [-0.2, -0.15) is 0 Å². The molecule has 0 aromatic heterocycles. The molecule has 0 spiro atoms. The van der Waals surface area contributed by atoms with Crippen LogP contribution in [0.4, 0.5) is 11.4 Å². The quantitative estimate of drug-likeness (QED) is 0.478. The molecule has 1 amide bonds. The predicted molar refractivity (Wildman–Crippen MR) is 130 cm³/mol. The lowest BCUT2D eigenvalue weighted by molar-refractivity contribution is 0.0950. The van der Waals surface area contributed by atoms with Gasteiger partial charge in [0.25, 0.3) is 5.91 Å². The average molecular weight is 448 g/mol. The van der Waals surface area contributed by atoms with Gasteiger partial charge in [0.15, 0.2) is 0 Å². The third-order valence-corrected chi connectivity index (χ3v) is 5.55. The molecule has 172 valence electrons. The maximum Gasteiger partial charge on any atom is 0.251 e. The maximum atomic E-state index is 12.8. The number of carbonyl (C=O) groups excluding carboxylic acids is 1. The van der Waals surface area contributed by atoms with Crippen molar-refractivity contribution in [2.45, 2.75) is 19.0 Å². The van der Waals surface area contributed by atoms with Gasteiger partial charge in [-0.3, -0.25) is 4.79 Å². The van der Waals surface area contributed by atoms with E-state index < -0.39 is 0 Å². The SMILES string of the molecule is COc1cc(CNC(=O)c2ccc3c(c2)NC(C)(CNc2ccccc2)CO3)cc(OC)c1. The highest BCUT2D eigenvalue weighted by atomic mass is 16.5. The van der Waals surface area contributed by atoms with Crippen LogP contribution in [0.3, 0.4) is 0 Å². The largest absolute Gasteiger partial charge is 0.497 e. The molecule has 0 aliphatic carbocycles. The third kappa shape index (κ3) is 5.49. The highest BCUT2D eigenvalue weighted by Gasteiger charge is 2.31. The van der Waals surface area contributed by atoms with Gasteiger partial charge in [0.1, 0.15) is 23.9 Å². The lowest BCUT2D eigenvalue weighted by atomic mass is 10.00. The number of anilines is 2. The van der Waals surface area contributed by atoms with Crippen molar-refractivity contribution in [1.82, 2.24) is 5.32 Å². The van der Waals surface area contributed by atoms with E-state index >= 15 is 0 Å². The van der Waals surface area contributed by atoms with E-state index in [4.69, 9.17) is 14.2 Å². The fourth-order valence-electron chi connectivity index (χ4n) is 3.69. The van der Waals surface area contributed by atoms with Crippen LogP contribution in [-0.2, 0) is 6.54 Å². The van der Waals surface area contributed by atoms with Gasteiger partial charge >= 0.3 is 0 Å². The fraction of sp³-hybridized carbons (Fsp3) is 0.269. The van der Waals surface area contributed by atoms with Gasteiger partial charge < -0.3 is 30.2 Å². The summed E-state index contributed by atoms with van der Waals surface area (Å²) in [4.78, 5) is 12.8. The summed E-state index contributed by atoms with van der Waals surface area (Å²) in [7, 11) is 3.20. The molecular weight excluding hydrogens is 418 g/mol. The summed E-state index contributed by atoms with van der Waals surface area (Å²) < 4.78 is 16.6. The minimum absolute atomic E-state index is 0.170. The second-order valence-corrected chi connectivity index (χ2v) is 8.31. The zero-order valence-corrected chi connectivity index (χ0v) is 19.1. The molecule has 3 N–H and O–H groups in total. The Morgan fingerprint density at radius 2 is 1.76 bits per heavy atom. The first-order valence-electron chi connectivity index (χ1n) is 10.8. The number of methoxy groups -OCH3 is 2. The first-order chi connectivity index (χ1) is 16.0. The molecule has 0 radical (unpaired) electrons. The van der Waals surface area contributed by atoms with Gasteiger partial charge in [0, 0.05) is 30.4 Å². The number of para-hydroxylation sites is 1. The number of ether oxygens (including phenoxy) is 3. The van der Waals surface area contributed by atoms with Gasteiger partial charge in [0.2, 0.25) is 0 Å². The molecule has 4 rings (SSSR count). The van der Waals surface area contributed by atoms with Crippen molar-refractivity contribution in [3.63, 3.8) is 0 Å². The number of carbonyl (C=O) groups is 1. The predicted octanol–water partition coefficient (Wildman–Crippen LogP) is 4.31. The summed E-state index contributed by atoms with van der Waals surface area (Å²) in [5, 5.41) is 9.94. The molecule has 0 fully saturated rings. The van der Waals surface area contributed by atoms with Crippen molar-refractivity contribution in [3.05, 3.63) is 77.9 Å². The topological polar surface area (TPSA) is 80.9 Å². The van der Waals surface area contributed by atoms with Crippen molar-refractivity contribution in [2.75, 3.05) is 38.0 Å². The first kappa shape index (κ1) is 22.3. The number of benzene rings is 3. The minimum atomic E-state index is -0.324. The Morgan fingerprint density at radius 3 is 2.45 bits per heavy atom. The molecule has 1 heterocycles. The Morgan fingerprint density at radius 1 is 1.03 bits per heavy atom. The van der Waals surface area contributed by atoms with Gasteiger partial charge in [-0.15, -0.1) is 0 Å². The number of fused-ring (bicyclic) bond motifs is 1. The van der Waals surface area contributed by atoms with Crippen molar-refractivity contribution >= 4 is 17.3 Å². The standard InChI is InChI=1S/C26H29N3O4/c1-26(16-28-20-7-5-4-6-8-20)17-33-24-10-9-19(13-23(24)29-26)25(30)27-15-18-11-21(31-2)14-22(12-18)32-3/h4-14,28-29H,15-17H2,1-3H3,(H,27,30). The number of hydrogen-bond acceptors (Lipinski definition) is 6. The van der Waals surface area contributed by atoms with Gasteiger partial charge in [-0.05, 0) is 55.0 Å². The van der Waals surface area contributed by atoms with Crippen LogP contribution in [0.1, 0.15) is 22.8 Å². The zero-order valence-electron chi connectivity index (χ0n) is 19.1. The van der Waals surface area contributed by atoms with Crippen molar-refractivity contribution < 1.29 is 19.0 Å². The van der Waals surface area contributed by atoms with Crippen LogP contribution < -0.4 is 30.2 Å². The monoisotopic (exact) mass is 447 g/mol. The number of amides is 1. The molecule has 1 unspecified atom stereocenters. The smallest absolute Gasteiger partial charge is 0.251 e. The van der Waals surface area contributed by atoms with E-state index in [0.717, 1.165) is 22.7 Å². The van der Waals surface area contributed by atoms with Gasteiger partial charge in [-0.25, -0.2) is 0 Å². The first-order valence-corrected chi connectivity index (χ1v) is 10.8. The minimum Gasteiger partial charge on any atom is -0.497 e. The van der Waals surface area contributed by atoms with E-state index in [0.29, 0.717) is 36.8 Å². The second-order valence-electron chi connectivity index (χ2n) is 8.31. The Hall–Kier alpha value is -3.87. The molecule has 3 aromatic rings. The fourth-order valence-corrected chi connectivity index (χ4v) is 3.69. The Bertz CT molecular complexity index is 1100. The van der Waals surface area contributed by atoms with E-state index in [1.165, 1.54) is 0 Å². The average Bonchev–Trinajstić information content (AvgIpc) is 2.86. The molecule has 0 saturated heterocycles. The van der Waals surface area contributed by atoms with E-state index in [9.17, 15) is 4.79 Å². The van der Waals surface area contributed by atoms with E-state index in [1.807, 2.05) is 54.6 Å². The van der Waals surface area contributed by atoms with Crippen LogP contribution in [0.25, 0.3) is 0 Å². The molecule has 0 bridgehead atoms. The summed E-state index contributed by atoms with van der Waals surface area (Å²) in [5.41, 5.74) is 2.97. The zero-order chi connectivity index (χ0) is 23.3. The Kier molecular flexibility index (Phi) is 6.58. The van der Waals surface area contributed by atoms with Crippen molar-refractivity contribution in [2.24, 2.45) is 0 Å². The highest BCUT2D eigenvalue weighted by molar-refractivity contribution is 5.95. The van der Waals surface area contributed by atoms with Crippen LogP contribution in [-0.4, -0.2) is 38.8 Å². The lowest BCUT2D eigenvalue weighted by Gasteiger charge is -2.37. The summed E-state index contributed by atoms with van der Waals surface area (Å²) in [6.45, 7) is 3.63. The molecule has 0 saturated carbocycles. The van der Waals surface area contributed by atoms with Crippen LogP contribution in [0.5, 0.6) is 17.2 Å². The molecule has 1 atom stereocenters. The highest BCUT2D eigenvalue weighted by Crippen LogP contribution is 2.33. The van der Waals surface area contributed by atoms with E-state index in [1.54, 1.807) is 26.4 Å². The third-order valence-electron chi connectivity index (χ3n) is 5.55. The van der Waals surface area contributed by atoms with Crippen LogP contribution >= 0.6 is 0 Å². The van der Waals surface area contributed by atoms with Gasteiger partial charge in [0.05, 0.1) is 25.4 Å². The molecule has 7 nitrogen and oxygen atoms in total. The molecule has 1 aliphatic rings. The molecule has 1 aliphatic heterocycles. The second kappa shape index (κ2) is 9.73. The van der Waals surface area contributed by atoms with Crippen LogP contribution in [0, 0.1) is 0 Å². The molecule has 33 heavy (non-hydrogen) atoms. The summed E-state index contributed by atoms with van der Waals surface area (Å²) in [6.07, 6.45) is 0. The van der Waals surface area contributed by atoms with Crippen molar-refractivity contribution in [1.29, 1.82) is 0 Å². The summed E-state index contributed by atoms with van der Waals surface area (Å²) in [6, 6.07) is 21.0. The number of hydrogen-bond donors (Lipinski definition) is 3. The Balaban J connectivity index is 1.41. The lowest BCUT2D eigenvalue weighted by Crippen LogP contribution is -2.49. The van der Waals surface area contributed by atoms with E-state index in [-0.39, 0.29) is 11.4 Å². The Labute approximate surface area is 194 Å². The molecule has 7 heteroatoms. The summed E-state index contributed by atoms with van der Waals surface area (Å²) >= 11 is 0. The van der Waals surface area contributed by atoms with Crippen LogP contribution in [0.15, 0.2) is 66.7 Å². The van der Waals surface area contributed by atoms with Crippen molar-refractivity contribution in [3.8, 4) is 17.2 Å². The molecular formula is C26H29N3O4. The maximum absolute atomic E-state index is 12.8. The molecule has 3 aromatic carbocycles. The van der Waals surface area contributed by atoms with Crippen LogP contribution in [0.2, 0.25) is 0 Å². The number of rotatable bonds is 8. The van der Waals surface area contributed by atoms with E-state index in [2.05, 4.69) is 22.9 Å². The number of nitrogens with one attached hydrogen (secondary N) is 3. The van der Waals surface area contributed by atoms with Gasteiger partial charge in [-0.1, -0.05) is 18.2 Å². The summed E-state index contributed by atoms with van der Waals surface area (Å²) in [5.74, 6) is 1.92. The normalized spacial score (nSPS) is 16.6.